The van der Waals surface area contributed by atoms with Crippen LogP contribution in [0.25, 0.3) is 10.8 Å². The molecular formula is C14H14N2O3. The minimum atomic E-state index is -0.925. The lowest BCUT2D eigenvalue weighted by atomic mass is 10.1. The van der Waals surface area contributed by atoms with E-state index in [1.165, 1.54) is 4.90 Å². The van der Waals surface area contributed by atoms with E-state index in [9.17, 15) is 9.59 Å². The van der Waals surface area contributed by atoms with Crippen molar-refractivity contribution in [2.45, 2.75) is 6.42 Å². The summed E-state index contributed by atoms with van der Waals surface area (Å²) in [6.07, 6.45) is 1.51. The minimum absolute atomic E-state index is 0.0764. The summed E-state index contributed by atoms with van der Waals surface area (Å²) in [7, 11) is 1.58. The highest BCUT2D eigenvalue weighted by molar-refractivity contribution is 6.05. The van der Waals surface area contributed by atoms with E-state index in [2.05, 4.69) is 4.98 Å². The second kappa shape index (κ2) is 5.48. The summed E-state index contributed by atoms with van der Waals surface area (Å²) in [5, 5.41) is 10.3. The third kappa shape index (κ3) is 2.88. The molecule has 98 valence electrons. The molecule has 0 aliphatic carbocycles. The summed E-state index contributed by atoms with van der Waals surface area (Å²) in [5.74, 6) is -1.19. The van der Waals surface area contributed by atoms with Crippen molar-refractivity contribution in [1.82, 2.24) is 9.88 Å². The Labute approximate surface area is 110 Å². The predicted octanol–water partition coefficient (Wildman–Crippen LogP) is 1.78. The summed E-state index contributed by atoms with van der Waals surface area (Å²) in [5.41, 5.74) is 0.353. The second-order valence-electron chi connectivity index (χ2n) is 4.25. The molecule has 2 aromatic rings. The lowest BCUT2D eigenvalue weighted by Gasteiger charge is -2.16. The van der Waals surface area contributed by atoms with E-state index >= 15 is 0 Å². The topological polar surface area (TPSA) is 70.5 Å². The van der Waals surface area contributed by atoms with E-state index in [1.54, 1.807) is 13.2 Å². The van der Waals surface area contributed by atoms with Crippen LogP contribution in [0.3, 0.4) is 0 Å². The number of carboxylic acids is 1. The fourth-order valence-electron chi connectivity index (χ4n) is 1.84. The standard InChI is InChI=1S/C14H14N2O3/c1-16(9-7-12(17)18)14(19)13-11-5-3-2-4-10(11)6-8-15-13/h2-6,8H,7,9H2,1H3,(H,17,18). The van der Waals surface area contributed by atoms with Crippen LogP contribution in [-0.2, 0) is 4.79 Å². The van der Waals surface area contributed by atoms with Gasteiger partial charge in [-0.2, -0.15) is 0 Å². The van der Waals surface area contributed by atoms with Crippen LogP contribution < -0.4 is 0 Å². The first-order valence-electron chi connectivity index (χ1n) is 5.90. The van der Waals surface area contributed by atoms with Gasteiger partial charge in [0.1, 0.15) is 5.69 Å². The Kier molecular flexibility index (Phi) is 3.75. The number of carbonyl (C=O) groups excluding carboxylic acids is 1. The SMILES string of the molecule is CN(CCC(=O)O)C(=O)c1nccc2ccccc12. The normalized spacial score (nSPS) is 10.4. The lowest BCUT2D eigenvalue weighted by molar-refractivity contribution is -0.137. The molecule has 19 heavy (non-hydrogen) atoms. The van der Waals surface area contributed by atoms with Gasteiger partial charge in [0.05, 0.1) is 6.42 Å². The molecule has 1 amide bonds. The molecule has 0 atom stereocenters. The highest BCUT2D eigenvalue weighted by atomic mass is 16.4. The first kappa shape index (κ1) is 13.0. The van der Waals surface area contributed by atoms with E-state index in [-0.39, 0.29) is 18.9 Å². The van der Waals surface area contributed by atoms with Crippen molar-refractivity contribution >= 4 is 22.6 Å². The van der Waals surface area contributed by atoms with Crippen molar-refractivity contribution < 1.29 is 14.7 Å². The van der Waals surface area contributed by atoms with E-state index < -0.39 is 5.97 Å². The molecule has 5 heteroatoms. The molecule has 0 radical (unpaired) electrons. The molecule has 0 spiro atoms. The third-order valence-electron chi connectivity index (χ3n) is 2.88. The van der Waals surface area contributed by atoms with Crippen LogP contribution in [0.2, 0.25) is 0 Å². The van der Waals surface area contributed by atoms with Crippen molar-refractivity contribution in [3.63, 3.8) is 0 Å². The third-order valence-corrected chi connectivity index (χ3v) is 2.88. The van der Waals surface area contributed by atoms with E-state index in [0.717, 1.165) is 10.8 Å². The van der Waals surface area contributed by atoms with Gasteiger partial charge in [0.2, 0.25) is 0 Å². The van der Waals surface area contributed by atoms with Crippen LogP contribution in [-0.4, -0.2) is 40.5 Å². The molecule has 0 aliphatic rings. The largest absolute Gasteiger partial charge is 0.481 e. The highest BCUT2D eigenvalue weighted by Gasteiger charge is 2.16. The van der Waals surface area contributed by atoms with Gasteiger partial charge in [-0.25, -0.2) is 0 Å². The van der Waals surface area contributed by atoms with Gasteiger partial charge in [-0.05, 0) is 11.5 Å². The summed E-state index contributed by atoms with van der Waals surface area (Å²) in [6.45, 7) is 0.166. The van der Waals surface area contributed by atoms with Crippen LogP contribution in [0, 0.1) is 0 Å². The van der Waals surface area contributed by atoms with Crippen LogP contribution in [0.1, 0.15) is 16.9 Å². The molecule has 1 N–H and O–H groups in total. The Morgan fingerprint density at radius 1 is 1.26 bits per heavy atom. The first-order valence-corrected chi connectivity index (χ1v) is 5.90. The molecule has 1 aromatic heterocycles. The van der Waals surface area contributed by atoms with Gasteiger partial charge >= 0.3 is 5.97 Å². The number of pyridine rings is 1. The molecule has 0 bridgehead atoms. The van der Waals surface area contributed by atoms with Crippen LogP contribution >= 0.6 is 0 Å². The fourth-order valence-corrected chi connectivity index (χ4v) is 1.84. The molecule has 0 saturated carbocycles. The van der Waals surface area contributed by atoms with Gasteiger partial charge in [-0.1, -0.05) is 24.3 Å². The zero-order chi connectivity index (χ0) is 13.8. The number of aromatic nitrogens is 1. The van der Waals surface area contributed by atoms with Gasteiger partial charge in [0, 0.05) is 25.2 Å². The molecule has 0 unspecified atom stereocenters. The molecule has 2 rings (SSSR count). The number of aliphatic carboxylic acids is 1. The minimum Gasteiger partial charge on any atom is -0.481 e. The highest BCUT2D eigenvalue weighted by Crippen LogP contribution is 2.17. The quantitative estimate of drug-likeness (QED) is 0.907. The lowest BCUT2D eigenvalue weighted by Crippen LogP contribution is -2.29. The molecule has 1 aromatic carbocycles. The van der Waals surface area contributed by atoms with Crippen molar-refractivity contribution in [2.24, 2.45) is 0 Å². The fraction of sp³-hybridized carbons (Fsp3) is 0.214. The van der Waals surface area contributed by atoms with Crippen LogP contribution in [0.5, 0.6) is 0 Å². The molecular weight excluding hydrogens is 244 g/mol. The van der Waals surface area contributed by atoms with Crippen molar-refractivity contribution in [1.29, 1.82) is 0 Å². The van der Waals surface area contributed by atoms with Crippen molar-refractivity contribution in [2.75, 3.05) is 13.6 Å². The molecule has 0 fully saturated rings. The van der Waals surface area contributed by atoms with Gasteiger partial charge in [0.15, 0.2) is 0 Å². The maximum absolute atomic E-state index is 12.2. The number of rotatable bonds is 4. The zero-order valence-corrected chi connectivity index (χ0v) is 10.5. The summed E-state index contributed by atoms with van der Waals surface area (Å²) in [4.78, 5) is 28.3. The number of carbonyl (C=O) groups is 2. The number of hydrogen-bond acceptors (Lipinski definition) is 3. The monoisotopic (exact) mass is 258 g/mol. The number of nitrogens with zero attached hydrogens (tertiary/aromatic N) is 2. The molecule has 0 saturated heterocycles. The number of benzene rings is 1. The van der Waals surface area contributed by atoms with Crippen LogP contribution in [0.4, 0.5) is 0 Å². The molecule has 5 nitrogen and oxygen atoms in total. The van der Waals surface area contributed by atoms with Gasteiger partial charge < -0.3 is 10.0 Å². The van der Waals surface area contributed by atoms with Gasteiger partial charge in [0.25, 0.3) is 5.91 Å². The summed E-state index contributed by atoms with van der Waals surface area (Å²) in [6, 6.07) is 9.32. The van der Waals surface area contributed by atoms with Crippen molar-refractivity contribution in [3.05, 3.63) is 42.2 Å². The average molecular weight is 258 g/mol. The number of carboxylic acid groups (broad SMARTS) is 1. The Morgan fingerprint density at radius 3 is 2.74 bits per heavy atom. The zero-order valence-electron chi connectivity index (χ0n) is 10.5. The number of amides is 1. The number of fused-ring (bicyclic) bond motifs is 1. The van der Waals surface area contributed by atoms with E-state index in [0.29, 0.717) is 5.69 Å². The van der Waals surface area contributed by atoms with Crippen LogP contribution in [0.15, 0.2) is 36.5 Å². The van der Waals surface area contributed by atoms with E-state index in [4.69, 9.17) is 5.11 Å². The van der Waals surface area contributed by atoms with Gasteiger partial charge in [-0.15, -0.1) is 0 Å². The first-order chi connectivity index (χ1) is 9.09. The Morgan fingerprint density at radius 2 is 2.00 bits per heavy atom. The van der Waals surface area contributed by atoms with Gasteiger partial charge in [-0.3, -0.25) is 14.6 Å². The summed E-state index contributed by atoms with van der Waals surface area (Å²) >= 11 is 0. The molecule has 1 heterocycles. The summed E-state index contributed by atoms with van der Waals surface area (Å²) < 4.78 is 0. The molecule has 0 aliphatic heterocycles. The maximum Gasteiger partial charge on any atom is 0.305 e. The van der Waals surface area contributed by atoms with Crippen molar-refractivity contribution in [3.8, 4) is 0 Å². The predicted molar refractivity (Wildman–Crippen MR) is 71.0 cm³/mol. The Hall–Kier alpha value is -2.43. The maximum atomic E-state index is 12.2. The number of hydrogen-bond donors (Lipinski definition) is 1. The average Bonchev–Trinajstić information content (AvgIpc) is 2.43. The Balaban J connectivity index is 2.28. The Bertz CT molecular complexity index is 620. The van der Waals surface area contributed by atoms with E-state index in [1.807, 2.05) is 30.3 Å². The second-order valence-corrected chi connectivity index (χ2v) is 4.25. The smallest absolute Gasteiger partial charge is 0.305 e.